The van der Waals surface area contributed by atoms with Crippen LogP contribution in [0.4, 0.5) is 11.8 Å². The van der Waals surface area contributed by atoms with Crippen molar-refractivity contribution >= 4 is 44.7 Å². The van der Waals surface area contributed by atoms with Gasteiger partial charge in [-0.15, -0.1) is 22.7 Å². The minimum atomic E-state index is -0.732. The molecule has 3 fully saturated rings. The molecule has 1 aliphatic heterocycles. The van der Waals surface area contributed by atoms with Crippen LogP contribution in [0.2, 0.25) is 0 Å². The Balaban J connectivity index is 1.25. The van der Waals surface area contributed by atoms with Crippen molar-refractivity contribution in [3.63, 3.8) is 0 Å². The maximum atomic E-state index is 10.6. The molecular formula is C27H29N5O3S2. The summed E-state index contributed by atoms with van der Waals surface area (Å²) < 4.78 is 13.7. The average molecular weight is 536 g/mol. The molecule has 1 aromatic carbocycles. The number of benzene rings is 1. The smallest absolute Gasteiger partial charge is 0.225 e. The highest BCUT2D eigenvalue weighted by Crippen LogP contribution is 2.65. The Morgan fingerprint density at radius 3 is 2.70 bits per heavy atom. The predicted molar refractivity (Wildman–Crippen MR) is 146 cm³/mol. The predicted octanol–water partition coefficient (Wildman–Crippen LogP) is 5.11. The first kappa shape index (κ1) is 23.5. The van der Waals surface area contributed by atoms with Gasteiger partial charge >= 0.3 is 0 Å². The summed E-state index contributed by atoms with van der Waals surface area (Å²) in [6, 6.07) is 12.3. The van der Waals surface area contributed by atoms with Gasteiger partial charge in [-0.25, -0.2) is 9.97 Å². The van der Waals surface area contributed by atoms with Gasteiger partial charge in [0.1, 0.15) is 22.5 Å². The zero-order chi connectivity index (χ0) is 25.5. The Hall–Kier alpha value is -2.63. The number of hydrogen-bond acceptors (Lipinski definition) is 10. The fourth-order valence-corrected chi connectivity index (χ4v) is 7.91. The van der Waals surface area contributed by atoms with Crippen LogP contribution in [0.1, 0.15) is 35.7 Å². The Labute approximate surface area is 223 Å². The first-order valence-corrected chi connectivity index (χ1v) is 14.2. The van der Waals surface area contributed by atoms with Gasteiger partial charge in [0.2, 0.25) is 5.95 Å². The molecular weight excluding hydrogens is 506 g/mol. The van der Waals surface area contributed by atoms with E-state index in [4.69, 9.17) is 24.4 Å². The normalized spacial score (nSPS) is 29.3. The molecule has 5 unspecified atom stereocenters. The molecule has 4 heterocycles. The van der Waals surface area contributed by atoms with Gasteiger partial charge in [0.15, 0.2) is 5.79 Å². The van der Waals surface area contributed by atoms with Gasteiger partial charge in [0, 0.05) is 15.7 Å². The standard InChI is InChI=1S/C27H29N5O3S2/c1-13-9-10-15(36-13)12-28-25-29-14(2)20(24-31-17-7-5-6-8-19(17)37-24)23(32-25)30-18-11-16-21(33)27(16)22(18)34-26(3,4)35-27/h5-10,16,18,21-22,33H,11-12H2,1-4H3,(H2,28,29,30,32). The molecule has 1 spiro atoms. The monoisotopic (exact) mass is 535 g/mol. The number of aliphatic hydroxyl groups is 1. The molecule has 8 nitrogen and oxygen atoms in total. The van der Waals surface area contributed by atoms with Crippen molar-refractivity contribution in [2.75, 3.05) is 10.6 Å². The molecule has 37 heavy (non-hydrogen) atoms. The van der Waals surface area contributed by atoms with Crippen LogP contribution in [-0.4, -0.2) is 49.7 Å². The highest BCUT2D eigenvalue weighted by Gasteiger charge is 2.81. The first-order chi connectivity index (χ1) is 17.7. The molecule has 3 aliphatic rings. The topological polar surface area (TPSA) is 101 Å². The van der Waals surface area contributed by atoms with E-state index in [1.807, 2.05) is 39.0 Å². The number of thiazole rings is 1. The lowest BCUT2D eigenvalue weighted by Crippen LogP contribution is -2.40. The lowest BCUT2D eigenvalue weighted by atomic mass is 10.1. The molecule has 0 amide bonds. The summed E-state index contributed by atoms with van der Waals surface area (Å²) in [5, 5.41) is 18.6. The Morgan fingerprint density at radius 2 is 1.92 bits per heavy atom. The van der Waals surface area contributed by atoms with Gasteiger partial charge in [-0.2, -0.15) is 4.98 Å². The molecule has 2 aliphatic carbocycles. The van der Waals surface area contributed by atoms with Crippen molar-refractivity contribution in [3.8, 4) is 10.6 Å². The van der Waals surface area contributed by atoms with E-state index < -0.39 is 17.5 Å². The summed E-state index contributed by atoms with van der Waals surface area (Å²) in [5.41, 5.74) is 2.08. The van der Waals surface area contributed by atoms with Crippen LogP contribution in [0.15, 0.2) is 36.4 Å². The summed E-state index contributed by atoms with van der Waals surface area (Å²) in [5.74, 6) is 0.618. The first-order valence-electron chi connectivity index (χ1n) is 12.6. The van der Waals surface area contributed by atoms with Crippen LogP contribution in [0.5, 0.6) is 0 Å². The molecule has 0 radical (unpaired) electrons. The Morgan fingerprint density at radius 1 is 1.08 bits per heavy atom. The number of anilines is 2. The zero-order valence-corrected chi connectivity index (χ0v) is 22.7. The van der Waals surface area contributed by atoms with Crippen LogP contribution >= 0.6 is 22.7 Å². The van der Waals surface area contributed by atoms with E-state index in [1.165, 1.54) is 9.75 Å². The third-order valence-electron chi connectivity index (χ3n) is 7.60. The minimum Gasteiger partial charge on any atom is -0.390 e. The molecule has 192 valence electrons. The van der Waals surface area contributed by atoms with E-state index in [0.717, 1.165) is 38.7 Å². The lowest BCUT2D eigenvalue weighted by Gasteiger charge is -2.26. The molecule has 1 saturated heterocycles. The summed E-state index contributed by atoms with van der Waals surface area (Å²) in [6.45, 7) is 8.59. The lowest BCUT2D eigenvalue weighted by molar-refractivity contribution is -0.157. The SMILES string of the molecule is Cc1ccc(CNc2nc(C)c(-c3nc4ccccc4s3)c(NC3CC4C(O)C45OC(C)(C)OC35)n2)s1. The second-order valence-electron chi connectivity index (χ2n) is 10.6. The number of nitrogens with zero attached hydrogens (tertiary/aromatic N) is 3. The van der Waals surface area contributed by atoms with E-state index in [2.05, 4.69) is 35.8 Å². The summed E-state index contributed by atoms with van der Waals surface area (Å²) >= 11 is 3.40. The molecule has 3 aromatic heterocycles. The van der Waals surface area contributed by atoms with Gasteiger partial charge in [-0.3, -0.25) is 0 Å². The summed E-state index contributed by atoms with van der Waals surface area (Å²) in [4.78, 5) is 17.2. The minimum absolute atomic E-state index is 0.0506. The quantitative estimate of drug-likeness (QED) is 0.313. The number of aromatic nitrogens is 3. The van der Waals surface area contributed by atoms with Crippen molar-refractivity contribution in [2.45, 2.75) is 70.3 Å². The zero-order valence-electron chi connectivity index (χ0n) is 21.1. The van der Waals surface area contributed by atoms with E-state index in [9.17, 15) is 5.11 Å². The second kappa shape index (κ2) is 8.18. The number of fused-ring (bicyclic) bond motifs is 1. The fraction of sp³-hybridized carbons (Fsp3) is 0.444. The fourth-order valence-electron chi connectivity index (χ4n) is 6.01. The number of nitrogens with one attached hydrogen (secondary N) is 2. The summed E-state index contributed by atoms with van der Waals surface area (Å²) in [7, 11) is 0. The number of hydrogen-bond donors (Lipinski definition) is 3. The van der Waals surface area contributed by atoms with Gasteiger partial charge < -0.3 is 25.2 Å². The van der Waals surface area contributed by atoms with Crippen LogP contribution in [0.25, 0.3) is 20.8 Å². The molecule has 10 heteroatoms. The van der Waals surface area contributed by atoms with E-state index in [1.54, 1.807) is 22.7 Å². The second-order valence-corrected chi connectivity index (χ2v) is 13.0. The molecule has 4 aromatic rings. The molecule has 5 atom stereocenters. The van der Waals surface area contributed by atoms with Gasteiger partial charge in [0.05, 0.1) is 40.2 Å². The van der Waals surface area contributed by atoms with Crippen LogP contribution in [-0.2, 0) is 16.0 Å². The van der Waals surface area contributed by atoms with Crippen molar-refractivity contribution in [2.24, 2.45) is 5.92 Å². The van der Waals surface area contributed by atoms with Crippen molar-refractivity contribution in [3.05, 3.63) is 51.8 Å². The van der Waals surface area contributed by atoms with Gasteiger partial charge in [0.25, 0.3) is 0 Å². The summed E-state index contributed by atoms with van der Waals surface area (Å²) in [6.07, 6.45) is 0.00718. The average Bonchev–Trinajstić information content (AvgIpc) is 3.37. The Kier molecular flexibility index (Phi) is 5.19. The molecule has 2 saturated carbocycles. The van der Waals surface area contributed by atoms with Crippen molar-refractivity contribution < 1.29 is 14.6 Å². The number of aliphatic hydroxyl groups excluding tert-OH is 1. The van der Waals surface area contributed by atoms with Gasteiger partial charge in [-0.1, -0.05) is 12.1 Å². The largest absolute Gasteiger partial charge is 0.390 e. The van der Waals surface area contributed by atoms with Gasteiger partial charge in [-0.05, 0) is 58.4 Å². The highest BCUT2D eigenvalue weighted by molar-refractivity contribution is 7.21. The number of ether oxygens (including phenoxy) is 2. The number of aryl methyl sites for hydroxylation is 2. The van der Waals surface area contributed by atoms with Crippen LogP contribution < -0.4 is 10.6 Å². The Bertz CT molecular complexity index is 1480. The van der Waals surface area contributed by atoms with E-state index >= 15 is 0 Å². The van der Waals surface area contributed by atoms with E-state index in [0.29, 0.717) is 12.5 Å². The van der Waals surface area contributed by atoms with Crippen LogP contribution in [0, 0.1) is 19.8 Å². The van der Waals surface area contributed by atoms with E-state index in [-0.39, 0.29) is 18.1 Å². The number of thiophene rings is 1. The maximum absolute atomic E-state index is 10.6. The number of para-hydroxylation sites is 1. The highest BCUT2D eigenvalue weighted by atomic mass is 32.1. The number of rotatable bonds is 6. The van der Waals surface area contributed by atoms with Crippen LogP contribution in [0.3, 0.4) is 0 Å². The molecule has 7 rings (SSSR count). The molecule has 3 N–H and O–H groups in total. The third kappa shape index (κ3) is 3.77. The van der Waals surface area contributed by atoms with Crippen molar-refractivity contribution in [1.82, 2.24) is 15.0 Å². The van der Waals surface area contributed by atoms with Crippen molar-refractivity contribution in [1.29, 1.82) is 0 Å². The third-order valence-corrected chi connectivity index (χ3v) is 9.66. The maximum Gasteiger partial charge on any atom is 0.225 e. The molecule has 0 bridgehead atoms.